The van der Waals surface area contributed by atoms with E-state index in [-0.39, 0.29) is 10.7 Å². The molecule has 136 valence electrons. The normalized spacial score (nSPS) is 17.8. The first-order valence-electron chi connectivity index (χ1n) is 7.40. The van der Waals surface area contributed by atoms with E-state index in [0.29, 0.717) is 16.3 Å². The van der Waals surface area contributed by atoms with E-state index < -0.39 is 22.1 Å². The first-order chi connectivity index (χ1) is 12.1. The summed E-state index contributed by atoms with van der Waals surface area (Å²) in [7, 11) is -3.40. The number of sulfone groups is 1. The number of amidine groups is 1. The first kappa shape index (κ1) is 18.6. The molecule has 1 aliphatic rings. The molecule has 0 saturated heterocycles. The van der Waals surface area contributed by atoms with Crippen molar-refractivity contribution in [2.45, 2.75) is 17.1 Å². The van der Waals surface area contributed by atoms with Crippen LogP contribution in [0, 0.1) is 0 Å². The van der Waals surface area contributed by atoms with E-state index in [1.807, 2.05) is 0 Å². The monoisotopic (exact) mass is 401 g/mol. The van der Waals surface area contributed by atoms with Crippen LogP contribution < -0.4 is 0 Å². The van der Waals surface area contributed by atoms with Gasteiger partial charge in [-0.05, 0) is 42.5 Å². The van der Waals surface area contributed by atoms with Gasteiger partial charge < -0.3 is 0 Å². The lowest BCUT2D eigenvalue weighted by atomic mass is 10.2. The molecule has 1 heterocycles. The lowest BCUT2D eigenvalue weighted by Crippen LogP contribution is -2.27. The van der Waals surface area contributed by atoms with E-state index in [2.05, 4.69) is 4.99 Å². The Bertz CT molecular complexity index is 1010. The van der Waals surface area contributed by atoms with E-state index >= 15 is 0 Å². The predicted molar refractivity (Wildman–Crippen MR) is 93.4 cm³/mol. The summed E-state index contributed by atoms with van der Waals surface area (Å²) in [4.78, 5) is 3.86. The minimum atomic E-state index is -4.54. The molecule has 0 saturated carbocycles. The average Bonchev–Trinajstić information content (AvgIpc) is 3.00. The zero-order chi connectivity index (χ0) is 19.1. The standard InChI is InChI=1S/C17H13ClF3N2O2S/c1-26(24,25)14-7-5-13(6-8-14)23-10-15(17(19,20)21)22-16(23)11-3-2-4-12(18)9-11/h2-10,15H,1H3/q+1. The van der Waals surface area contributed by atoms with Crippen LogP contribution in [0.15, 0.2) is 58.4 Å². The highest BCUT2D eigenvalue weighted by Crippen LogP contribution is 2.29. The molecule has 9 heteroatoms. The van der Waals surface area contributed by atoms with Crippen molar-refractivity contribution in [3.05, 3.63) is 59.1 Å². The molecule has 26 heavy (non-hydrogen) atoms. The van der Waals surface area contributed by atoms with Crippen molar-refractivity contribution in [1.82, 2.24) is 0 Å². The molecule has 2 aromatic rings. The van der Waals surface area contributed by atoms with E-state index in [4.69, 9.17) is 11.6 Å². The SMILES string of the molecule is CS(=O)(=O)c1ccc([N+]2=CC(C(F)(F)F)N=C2c2cccc(Cl)c2)cc1. The zero-order valence-electron chi connectivity index (χ0n) is 13.4. The van der Waals surface area contributed by atoms with Crippen LogP contribution in [0.1, 0.15) is 5.56 Å². The molecule has 1 unspecified atom stereocenters. The highest BCUT2D eigenvalue weighted by atomic mass is 35.5. The van der Waals surface area contributed by atoms with Crippen molar-refractivity contribution in [2.24, 2.45) is 4.99 Å². The Kier molecular flexibility index (Phi) is 4.66. The van der Waals surface area contributed by atoms with Crippen LogP contribution in [0.5, 0.6) is 0 Å². The Labute approximate surface area is 153 Å². The van der Waals surface area contributed by atoms with Crippen LogP contribution in [0.4, 0.5) is 18.9 Å². The van der Waals surface area contributed by atoms with Gasteiger partial charge in [0.2, 0.25) is 0 Å². The summed E-state index contributed by atoms with van der Waals surface area (Å²) in [5.74, 6) is 0.0851. The van der Waals surface area contributed by atoms with E-state index in [0.717, 1.165) is 12.5 Å². The smallest absolute Gasteiger partial charge is 0.224 e. The fourth-order valence-corrected chi connectivity index (χ4v) is 3.32. The Balaban J connectivity index is 2.09. The molecule has 4 nitrogen and oxygen atoms in total. The lowest BCUT2D eigenvalue weighted by Gasteiger charge is -2.05. The average molecular weight is 402 g/mol. The van der Waals surface area contributed by atoms with Crippen LogP contribution >= 0.6 is 11.6 Å². The summed E-state index contributed by atoms with van der Waals surface area (Å²) in [5.41, 5.74) is 0.788. The van der Waals surface area contributed by atoms with Gasteiger partial charge in [0.05, 0.1) is 10.5 Å². The molecular weight excluding hydrogens is 389 g/mol. The van der Waals surface area contributed by atoms with Gasteiger partial charge in [0, 0.05) is 11.3 Å². The van der Waals surface area contributed by atoms with E-state index in [9.17, 15) is 21.6 Å². The number of benzene rings is 2. The number of hydrogen-bond acceptors (Lipinski definition) is 3. The Morgan fingerprint density at radius 2 is 1.77 bits per heavy atom. The quantitative estimate of drug-likeness (QED) is 0.733. The number of hydrogen-bond donors (Lipinski definition) is 0. The molecule has 0 fully saturated rings. The molecule has 0 radical (unpaired) electrons. The molecule has 0 aliphatic carbocycles. The third-order valence-electron chi connectivity index (χ3n) is 3.74. The molecule has 1 atom stereocenters. The van der Waals surface area contributed by atoms with Crippen LogP contribution in [0.3, 0.4) is 0 Å². The van der Waals surface area contributed by atoms with Gasteiger partial charge >= 0.3 is 12.0 Å². The topological polar surface area (TPSA) is 49.5 Å². The Morgan fingerprint density at radius 1 is 1.12 bits per heavy atom. The van der Waals surface area contributed by atoms with Gasteiger partial charge in [-0.3, -0.25) is 0 Å². The maximum Gasteiger partial charge on any atom is 0.440 e. The van der Waals surface area contributed by atoms with Crippen LogP contribution in [0.25, 0.3) is 0 Å². The van der Waals surface area contributed by atoms with Gasteiger partial charge in [-0.1, -0.05) is 22.7 Å². The summed E-state index contributed by atoms with van der Waals surface area (Å²) >= 11 is 5.94. The van der Waals surface area contributed by atoms with Crippen molar-refractivity contribution in [3.8, 4) is 0 Å². The van der Waals surface area contributed by atoms with Gasteiger partial charge in [0.1, 0.15) is 11.9 Å². The maximum absolute atomic E-state index is 13.2. The number of rotatable bonds is 3. The second-order valence-corrected chi connectivity index (χ2v) is 8.19. The molecule has 0 bridgehead atoms. The van der Waals surface area contributed by atoms with Crippen molar-refractivity contribution < 1.29 is 26.2 Å². The summed E-state index contributed by atoms with van der Waals surface area (Å²) in [6, 6.07) is 9.91. The third kappa shape index (κ3) is 3.81. The molecule has 0 amide bonds. The summed E-state index contributed by atoms with van der Waals surface area (Å²) in [6.45, 7) is 0. The number of halogens is 4. The zero-order valence-corrected chi connectivity index (χ0v) is 15.0. The number of alkyl halides is 3. The van der Waals surface area contributed by atoms with Crippen molar-refractivity contribution in [3.63, 3.8) is 0 Å². The van der Waals surface area contributed by atoms with Crippen molar-refractivity contribution in [2.75, 3.05) is 6.26 Å². The second kappa shape index (κ2) is 6.51. The molecule has 1 aliphatic heterocycles. The summed E-state index contributed by atoms with van der Waals surface area (Å²) < 4.78 is 63.9. The minimum Gasteiger partial charge on any atom is -0.224 e. The number of nitrogens with zero attached hydrogens (tertiary/aromatic N) is 2. The Morgan fingerprint density at radius 3 is 2.31 bits per heavy atom. The van der Waals surface area contributed by atoms with E-state index in [1.165, 1.54) is 34.9 Å². The first-order valence-corrected chi connectivity index (χ1v) is 9.67. The molecule has 0 aromatic heterocycles. The fourth-order valence-electron chi connectivity index (χ4n) is 2.50. The summed E-state index contributed by atoms with van der Waals surface area (Å²) in [5, 5.41) is 0.369. The molecule has 3 rings (SSSR count). The van der Waals surface area contributed by atoms with E-state index in [1.54, 1.807) is 18.2 Å². The summed E-state index contributed by atoms with van der Waals surface area (Å²) in [6.07, 6.45) is -2.53. The van der Waals surface area contributed by atoms with Gasteiger partial charge in [0.25, 0.3) is 6.04 Å². The maximum atomic E-state index is 13.2. The largest absolute Gasteiger partial charge is 0.440 e. The highest BCUT2D eigenvalue weighted by Gasteiger charge is 2.49. The van der Waals surface area contributed by atoms with Crippen molar-refractivity contribution in [1.29, 1.82) is 0 Å². The van der Waals surface area contributed by atoms with Crippen LogP contribution in [0.2, 0.25) is 5.02 Å². The molecular formula is C17H13ClF3N2O2S+. The minimum absolute atomic E-state index is 0.0778. The Hall–Kier alpha value is -2.19. The lowest BCUT2D eigenvalue weighted by molar-refractivity contribution is -0.297. The predicted octanol–water partition coefficient (Wildman–Crippen LogP) is 3.85. The van der Waals surface area contributed by atoms with Gasteiger partial charge in [-0.2, -0.15) is 17.7 Å². The molecule has 0 spiro atoms. The highest BCUT2D eigenvalue weighted by molar-refractivity contribution is 7.90. The van der Waals surface area contributed by atoms with Gasteiger partial charge in [-0.25, -0.2) is 8.42 Å². The third-order valence-corrected chi connectivity index (χ3v) is 5.10. The number of aliphatic imine (C=N–C) groups is 1. The molecule has 0 N–H and O–H groups in total. The van der Waals surface area contributed by atoms with Crippen LogP contribution in [-0.2, 0) is 9.84 Å². The van der Waals surface area contributed by atoms with Gasteiger partial charge in [0.15, 0.2) is 9.84 Å². The second-order valence-electron chi connectivity index (χ2n) is 5.73. The van der Waals surface area contributed by atoms with Crippen molar-refractivity contribution >= 4 is 39.2 Å². The molecule has 2 aromatic carbocycles. The van der Waals surface area contributed by atoms with Gasteiger partial charge in [-0.15, -0.1) is 0 Å². The fraction of sp³-hybridized carbons (Fsp3) is 0.176. The van der Waals surface area contributed by atoms with Crippen LogP contribution in [-0.4, -0.2) is 43.5 Å².